The van der Waals surface area contributed by atoms with Crippen LogP contribution >= 0.6 is 11.6 Å². The number of carbonyl (C=O) groups is 1. The smallest absolute Gasteiger partial charge is 0.435 e. The molecule has 2 N–H and O–H groups in total. The second-order valence-corrected chi connectivity index (χ2v) is 9.74. The van der Waals surface area contributed by atoms with Crippen molar-refractivity contribution in [2.24, 2.45) is 0 Å². The SMILES string of the molecule is COc1c(Oc2nnc(C(F)(F)F)c(C)c2C(=O)Nc2cccc([S@@](C)(=N)=O)c2)ccc(Cl)c1F. The molecule has 0 aliphatic heterocycles. The number of nitrogens with one attached hydrogen (secondary N) is 2. The van der Waals surface area contributed by atoms with Gasteiger partial charge in [-0.3, -0.25) is 4.79 Å². The summed E-state index contributed by atoms with van der Waals surface area (Å²) >= 11 is 5.72. The molecule has 0 fully saturated rings. The molecular formula is C21H17ClF4N4O4S. The van der Waals surface area contributed by atoms with Crippen molar-refractivity contribution in [2.75, 3.05) is 18.7 Å². The third kappa shape index (κ3) is 5.62. The van der Waals surface area contributed by atoms with Crippen LogP contribution in [0.15, 0.2) is 41.3 Å². The van der Waals surface area contributed by atoms with Crippen molar-refractivity contribution in [3.8, 4) is 17.4 Å². The summed E-state index contributed by atoms with van der Waals surface area (Å²) in [6, 6.07) is 7.76. The van der Waals surface area contributed by atoms with Gasteiger partial charge in [0.1, 0.15) is 5.56 Å². The van der Waals surface area contributed by atoms with E-state index in [2.05, 4.69) is 15.5 Å². The van der Waals surface area contributed by atoms with Gasteiger partial charge in [0.05, 0.1) is 21.9 Å². The number of hydrogen-bond donors (Lipinski definition) is 2. The molecule has 1 amide bonds. The first-order valence-electron chi connectivity index (χ1n) is 9.53. The van der Waals surface area contributed by atoms with Gasteiger partial charge in [-0.15, -0.1) is 10.2 Å². The highest BCUT2D eigenvalue weighted by Gasteiger charge is 2.38. The number of methoxy groups -OCH3 is 1. The Bertz CT molecular complexity index is 1420. The van der Waals surface area contributed by atoms with E-state index in [9.17, 15) is 26.6 Å². The van der Waals surface area contributed by atoms with Crippen LogP contribution in [-0.4, -0.2) is 33.7 Å². The molecule has 0 saturated heterocycles. The zero-order valence-electron chi connectivity index (χ0n) is 18.3. The number of aromatic nitrogens is 2. The Kier molecular flexibility index (Phi) is 7.22. The number of amides is 1. The number of halogens is 5. The van der Waals surface area contributed by atoms with Crippen LogP contribution in [-0.2, 0) is 15.9 Å². The van der Waals surface area contributed by atoms with Crippen LogP contribution in [0, 0.1) is 17.5 Å². The number of anilines is 1. The number of rotatable bonds is 6. The molecule has 35 heavy (non-hydrogen) atoms. The lowest BCUT2D eigenvalue weighted by Crippen LogP contribution is -2.21. The van der Waals surface area contributed by atoms with Crippen molar-refractivity contribution in [3.05, 3.63) is 64.1 Å². The molecule has 0 saturated carbocycles. The number of ether oxygens (including phenoxy) is 2. The number of hydrogen-bond acceptors (Lipinski definition) is 7. The molecule has 3 aromatic rings. The molecule has 1 heterocycles. The Morgan fingerprint density at radius 2 is 1.89 bits per heavy atom. The molecule has 1 aromatic heterocycles. The van der Waals surface area contributed by atoms with Crippen molar-refractivity contribution in [1.82, 2.24) is 10.2 Å². The van der Waals surface area contributed by atoms with E-state index >= 15 is 0 Å². The molecule has 3 rings (SSSR count). The average Bonchev–Trinajstić information content (AvgIpc) is 2.75. The molecule has 0 aliphatic carbocycles. The first kappa shape index (κ1) is 26.2. The Balaban J connectivity index is 2.12. The minimum Gasteiger partial charge on any atom is -0.490 e. The van der Waals surface area contributed by atoms with E-state index in [4.69, 9.17) is 25.9 Å². The highest BCUT2D eigenvalue weighted by atomic mass is 35.5. The quantitative estimate of drug-likeness (QED) is 0.394. The fourth-order valence-electron chi connectivity index (χ4n) is 3.01. The molecule has 0 spiro atoms. The van der Waals surface area contributed by atoms with Gasteiger partial charge in [0, 0.05) is 16.8 Å². The van der Waals surface area contributed by atoms with E-state index in [0.717, 1.165) is 20.1 Å². The second kappa shape index (κ2) is 9.66. The van der Waals surface area contributed by atoms with Crippen LogP contribution < -0.4 is 14.8 Å². The van der Waals surface area contributed by atoms with Gasteiger partial charge in [-0.2, -0.15) is 13.2 Å². The molecule has 8 nitrogen and oxygen atoms in total. The summed E-state index contributed by atoms with van der Waals surface area (Å²) in [5.41, 5.74) is -2.62. The molecule has 0 unspecified atom stereocenters. The van der Waals surface area contributed by atoms with Crippen molar-refractivity contribution in [1.29, 1.82) is 4.78 Å². The standard InChI is InChI=1S/C21H17ClF4N4O4S/c1-10-15(19(31)28-11-5-4-6-12(9-11)35(3,27)32)20(30-29-18(10)21(24,25)26)34-14-8-7-13(22)16(23)17(14)33-2/h4-9,27H,1-3H3,(H,28,31)/t35-/m0/s1. The van der Waals surface area contributed by atoms with E-state index in [1.165, 1.54) is 36.6 Å². The minimum absolute atomic E-state index is 0.0557. The fraction of sp³-hybridized carbons (Fsp3) is 0.190. The Morgan fingerprint density at radius 1 is 1.20 bits per heavy atom. The molecular weight excluding hydrogens is 516 g/mol. The molecule has 1 atom stereocenters. The van der Waals surface area contributed by atoms with Gasteiger partial charge in [0.15, 0.2) is 23.0 Å². The number of benzene rings is 2. The van der Waals surface area contributed by atoms with E-state index in [1.807, 2.05) is 0 Å². The van der Waals surface area contributed by atoms with E-state index in [1.54, 1.807) is 0 Å². The summed E-state index contributed by atoms with van der Waals surface area (Å²) in [6.45, 7) is 0.998. The first-order valence-corrected chi connectivity index (χ1v) is 11.9. The van der Waals surface area contributed by atoms with E-state index < -0.39 is 56.1 Å². The maximum absolute atomic E-state index is 14.3. The number of carbonyl (C=O) groups excluding carboxylic acids is 1. The van der Waals surface area contributed by atoms with Gasteiger partial charge in [-0.1, -0.05) is 17.7 Å². The van der Waals surface area contributed by atoms with E-state index in [-0.39, 0.29) is 21.4 Å². The molecule has 14 heteroatoms. The number of nitrogens with zero attached hydrogens (tertiary/aromatic N) is 2. The predicted molar refractivity (Wildman–Crippen MR) is 119 cm³/mol. The predicted octanol–water partition coefficient (Wildman–Crippen LogP) is 5.68. The second-order valence-electron chi connectivity index (χ2n) is 7.17. The molecule has 186 valence electrons. The first-order chi connectivity index (χ1) is 16.2. The van der Waals surface area contributed by atoms with Crippen molar-refractivity contribution < 1.29 is 36.0 Å². The van der Waals surface area contributed by atoms with Crippen LogP contribution in [0.5, 0.6) is 17.4 Å². The molecule has 0 radical (unpaired) electrons. The minimum atomic E-state index is -4.94. The Morgan fingerprint density at radius 3 is 2.49 bits per heavy atom. The van der Waals surface area contributed by atoms with Crippen LogP contribution in [0.25, 0.3) is 0 Å². The van der Waals surface area contributed by atoms with Gasteiger partial charge in [0.2, 0.25) is 0 Å². The van der Waals surface area contributed by atoms with Crippen LogP contribution in [0.3, 0.4) is 0 Å². The topological polar surface area (TPSA) is 114 Å². The lowest BCUT2D eigenvalue weighted by Gasteiger charge is -2.17. The molecule has 2 aromatic carbocycles. The fourth-order valence-corrected chi connectivity index (χ4v) is 3.85. The zero-order valence-corrected chi connectivity index (χ0v) is 19.9. The van der Waals surface area contributed by atoms with Crippen LogP contribution in [0.2, 0.25) is 5.02 Å². The van der Waals surface area contributed by atoms with Gasteiger partial charge < -0.3 is 14.8 Å². The summed E-state index contributed by atoms with van der Waals surface area (Å²) in [5.74, 6) is -3.52. The summed E-state index contributed by atoms with van der Waals surface area (Å²) in [4.78, 5) is 13.2. The normalized spacial score (nSPS) is 13.1. The molecule has 0 bridgehead atoms. The monoisotopic (exact) mass is 532 g/mol. The average molecular weight is 533 g/mol. The van der Waals surface area contributed by atoms with Crippen molar-refractivity contribution in [2.45, 2.75) is 18.0 Å². The lowest BCUT2D eigenvalue weighted by atomic mass is 10.1. The van der Waals surface area contributed by atoms with Crippen molar-refractivity contribution in [3.63, 3.8) is 0 Å². The van der Waals surface area contributed by atoms with Gasteiger partial charge in [-0.25, -0.2) is 13.4 Å². The Labute approximate surface area is 202 Å². The zero-order chi connectivity index (χ0) is 26.1. The summed E-state index contributed by atoms with van der Waals surface area (Å²) in [6.07, 6.45) is -3.77. The summed E-state index contributed by atoms with van der Waals surface area (Å²) < 4.78 is 84.8. The third-order valence-electron chi connectivity index (χ3n) is 4.65. The van der Waals surface area contributed by atoms with Gasteiger partial charge in [0.25, 0.3) is 11.8 Å². The highest BCUT2D eigenvalue weighted by molar-refractivity contribution is 7.91. The van der Waals surface area contributed by atoms with Gasteiger partial charge in [-0.05, 0) is 42.8 Å². The summed E-state index contributed by atoms with van der Waals surface area (Å²) in [5, 5.41) is 8.62. The highest BCUT2D eigenvalue weighted by Crippen LogP contribution is 2.39. The number of alkyl halides is 3. The largest absolute Gasteiger partial charge is 0.490 e. The lowest BCUT2D eigenvalue weighted by molar-refractivity contribution is -0.142. The third-order valence-corrected chi connectivity index (χ3v) is 6.09. The van der Waals surface area contributed by atoms with Gasteiger partial charge >= 0.3 is 6.18 Å². The maximum Gasteiger partial charge on any atom is 0.435 e. The van der Waals surface area contributed by atoms with Crippen molar-refractivity contribution >= 4 is 32.9 Å². The van der Waals surface area contributed by atoms with Crippen LogP contribution in [0.1, 0.15) is 21.6 Å². The Hall–Kier alpha value is -3.45. The van der Waals surface area contributed by atoms with E-state index in [0.29, 0.717) is 0 Å². The summed E-state index contributed by atoms with van der Waals surface area (Å²) in [7, 11) is -2.02. The maximum atomic E-state index is 14.3. The molecule has 0 aliphatic rings. The van der Waals surface area contributed by atoms with Crippen LogP contribution in [0.4, 0.5) is 23.2 Å².